The van der Waals surface area contributed by atoms with Crippen molar-refractivity contribution < 1.29 is 19.0 Å². The van der Waals surface area contributed by atoms with Crippen molar-refractivity contribution in [3.63, 3.8) is 0 Å². The number of hydrogen-bond acceptors (Lipinski definition) is 5. The van der Waals surface area contributed by atoms with E-state index >= 15 is 0 Å². The lowest BCUT2D eigenvalue weighted by atomic mass is 9.97. The summed E-state index contributed by atoms with van der Waals surface area (Å²) in [7, 11) is 0. The molecule has 3 aromatic carbocycles. The number of hydrogen-bond donors (Lipinski definition) is 0. The molecule has 3 aromatic rings. The summed E-state index contributed by atoms with van der Waals surface area (Å²) in [5.74, 6) is 0.973. The Hall–Kier alpha value is -2.86. The third kappa shape index (κ3) is 9.38. The average molecular weight is 552 g/mol. The van der Waals surface area contributed by atoms with Crippen molar-refractivity contribution in [1.29, 1.82) is 0 Å². The van der Waals surface area contributed by atoms with Crippen LogP contribution < -0.4 is 4.74 Å². The Labute approximate surface area is 239 Å². The number of carbonyl (C=O) groups is 1. The molecule has 5 nitrogen and oxygen atoms in total. The molecule has 1 heterocycles. The van der Waals surface area contributed by atoms with E-state index in [9.17, 15) is 4.79 Å². The highest BCUT2D eigenvalue weighted by Gasteiger charge is 2.28. The molecule has 1 aliphatic rings. The Bertz CT molecular complexity index is 1130. The second-order valence-electron chi connectivity index (χ2n) is 10.7. The molecular weight excluding hydrogens is 510 g/mol. The van der Waals surface area contributed by atoms with E-state index in [-0.39, 0.29) is 36.6 Å². The molecule has 1 aliphatic heterocycles. The van der Waals surface area contributed by atoms with Gasteiger partial charge in [-0.2, -0.15) is 0 Å². The van der Waals surface area contributed by atoms with Crippen molar-refractivity contribution >= 4 is 18.4 Å². The van der Waals surface area contributed by atoms with E-state index in [2.05, 4.69) is 67.3 Å². The summed E-state index contributed by atoms with van der Waals surface area (Å²) in [5, 5.41) is 0. The monoisotopic (exact) mass is 551 g/mol. The van der Waals surface area contributed by atoms with Crippen LogP contribution in [0.1, 0.15) is 55.9 Å². The fraction of sp³-hybridized carbons (Fsp3) is 0.424. The van der Waals surface area contributed by atoms with Crippen molar-refractivity contribution in [2.75, 3.05) is 19.7 Å². The first-order valence-corrected chi connectivity index (χ1v) is 13.8. The first kappa shape index (κ1) is 30.7. The van der Waals surface area contributed by atoms with Gasteiger partial charge in [0.05, 0.1) is 18.6 Å². The number of benzene rings is 3. The molecular formula is C33H42ClNO4. The second kappa shape index (κ2) is 15.1. The van der Waals surface area contributed by atoms with E-state index in [0.717, 1.165) is 42.8 Å². The van der Waals surface area contributed by atoms with E-state index in [4.69, 9.17) is 14.2 Å². The van der Waals surface area contributed by atoms with Crippen LogP contribution in [0.3, 0.4) is 0 Å². The van der Waals surface area contributed by atoms with Crippen molar-refractivity contribution in [3.8, 4) is 5.75 Å². The van der Waals surface area contributed by atoms with Crippen LogP contribution >= 0.6 is 12.4 Å². The maximum Gasteiger partial charge on any atom is 0.314 e. The molecule has 0 saturated carbocycles. The van der Waals surface area contributed by atoms with E-state index < -0.39 is 0 Å². The van der Waals surface area contributed by atoms with E-state index in [1.54, 1.807) is 0 Å². The number of carbonyl (C=O) groups excluding carboxylic acids is 1. The molecule has 0 spiro atoms. The summed E-state index contributed by atoms with van der Waals surface area (Å²) in [6, 6.07) is 26.7. The minimum atomic E-state index is -0.301. The summed E-state index contributed by atoms with van der Waals surface area (Å²) in [5.41, 5.74) is 4.64. The predicted octanol–water partition coefficient (Wildman–Crippen LogP) is 6.82. The minimum absolute atomic E-state index is 0. The van der Waals surface area contributed by atoms with Gasteiger partial charge >= 0.3 is 5.97 Å². The number of morpholine rings is 1. The van der Waals surface area contributed by atoms with Crippen LogP contribution in [-0.4, -0.2) is 42.9 Å². The average Bonchev–Trinajstić information content (AvgIpc) is 2.93. The van der Waals surface area contributed by atoms with E-state index in [0.29, 0.717) is 19.1 Å². The molecule has 0 aliphatic carbocycles. The van der Waals surface area contributed by atoms with Gasteiger partial charge in [-0.3, -0.25) is 9.69 Å². The normalized spacial score (nSPS) is 17.2. The lowest BCUT2D eigenvalue weighted by Crippen LogP contribution is -2.49. The van der Waals surface area contributed by atoms with E-state index in [1.807, 2.05) is 44.2 Å². The molecule has 3 atom stereocenters. The van der Waals surface area contributed by atoms with Crippen LogP contribution in [-0.2, 0) is 33.7 Å². The first-order valence-electron chi connectivity index (χ1n) is 13.8. The molecule has 210 valence electrons. The molecule has 3 unspecified atom stereocenters. The number of esters is 1. The predicted molar refractivity (Wildman–Crippen MR) is 158 cm³/mol. The highest BCUT2D eigenvalue weighted by atomic mass is 35.5. The fourth-order valence-corrected chi connectivity index (χ4v) is 4.82. The molecule has 0 radical (unpaired) electrons. The van der Waals surface area contributed by atoms with Crippen LogP contribution in [0.15, 0.2) is 78.9 Å². The maximum absolute atomic E-state index is 12.9. The standard InChI is InChI=1S/C33H41NO4.ClH/c1-24(2)20-27-10-14-30(15-11-27)25(3)33(35)38-26(4)34-18-19-36-32(22-34)21-28-12-16-31(17-13-28)37-23-29-8-6-5-7-9-29;/h5-17,24-26,32H,18-23H2,1-4H3;1H. The number of ether oxygens (including phenoxy) is 3. The highest BCUT2D eigenvalue weighted by molar-refractivity contribution is 5.85. The smallest absolute Gasteiger partial charge is 0.314 e. The van der Waals surface area contributed by atoms with Crippen LogP contribution in [0, 0.1) is 5.92 Å². The fourth-order valence-electron chi connectivity index (χ4n) is 4.82. The Balaban J connectivity index is 0.00000420. The van der Waals surface area contributed by atoms with Crippen molar-refractivity contribution in [2.45, 2.75) is 65.4 Å². The molecule has 0 N–H and O–H groups in total. The second-order valence-corrected chi connectivity index (χ2v) is 10.7. The van der Waals surface area contributed by atoms with Crippen LogP contribution in [0.5, 0.6) is 5.75 Å². The quantitative estimate of drug-likeness (QED) is 0.245. The highest BCUT2D eigenvalue weighted by Crippen LogP contribution is 2.22. The minimum Gasteiger partial charge on any atom is -0.489 e. The molecule has 0 bridgehead atoms. The Kier molecular flexibility index (Phi) is 11.9. The third-order valence-corrected chi connectivity index (χ3v) is 7.08. The molecule has 0 aromatic heterocycles. The van der Waals surface area contributed by atoms with Gasteiger partial charge in [0.1, 0.15) is 12.4 Å². The number of halogens is 1. The summed E-state index contributed by atoms with van der Waals surface area (Å²) >= 11 is 0. The SMILES string of the molecule is CC(C)Cc1ccc(C(C)C(=O)OC(C)N2CCOC(Cc3ccc(OCc4ccccc4)cc3)C2)cc1.Cl. The number of nitrogens with zero attached hydrogens (tertiary/aromatic N) is 1. The van der Waals surface area contributed by atoms with Gasteiger partial charge in [0.25, 0.3) is 0 Å². The van der Waals surface area contributed by atoms with E-state index in [1.165, 1.54) is 11.1 Å². The van der Waals surface area contributed by atoms with Gasteiger partial charge in [0.15, 0.2) is 6.23 Å². The largest absolute Gasteiger partial charge is 0.489 e. The summed E-state index contributed by atoms with van der Waals surface area (Å²) < 4.78 is 17.8. The van der Waals surface area contributed by atoms with Crippen LogP contribution in [0.4, 0.5) is 0 Å². The maximum atomic E-state index is 12.9. The topological polar surface area (TPSA) is 48.0 Å². The van der Waals surface area contributed by atoms with Gasteiger partial charge in [-0.05, 0) is 67.0 Å². The molecule has 1 fully saturated rings. The molecule has 0 amide bonds. The van der Waals surface area contributed by atoms with Crippen molar-refractivity contribution in [1.82, 2.24) is 4.90 Å². The zero-order chi connectivity index (χ0) is 26.9. The van der Waals surface area contributed by atoms with Gasteiger partial charge in [0, 0.05) is 13.1 Å². The zero-order valence-corrected chi connectivity index (χ0v) is 24.4. The van der Waals surface area contributed by atoms with Crippen molar-refractivity contribution in [2.24, 2.45) is 5.92 Å². The van der Waals surface area contributed by atoms with Gasteiger partial charge in [-0.25, -0.2) is 0 Å². The summed E-state index contributed by atoms with van der Waals surface area (Å²) in [6.07, 6.45) is 1.59. The van der Waals surface area contributed by atoms with Gasteiger partial charge < -0.3 is 14.2 Å². The van der Waals surface area contributed by atoms with Gasteiger partial charge in [-0.1, -0.05) is 80.6 Å². The Morgan fingerprint density at radius 1 is 0.897 bits per heavy atom. The molecule has 4 rings (SSSR count). The third-order valence-electron chi connectivity index (χ3n) is 7.08. The molecule has 39 heavy (non-hydrogen) atoms. The lowest BCUT2D eigenvalue weighted by Gasteiger charge is -2.36. The lowest BCUT2D eigenvalue weighted by molar-refractivity contribution is -0.166. The summed E-state index contributed by atoms with van der Waals surface area (Å²) in [6.45, 7) is 10.9. The van der Waals surface area contributed by atoms with Gasteiger partial charge in [0.2, 0.25) is 0 Å². The van der Waals surface area contributed by atoms with Gasteiger partial charge in [-0.15, -0.1) is 12.4 Å². The summed E-state index contributed by atoms with van der Waals surface area (Å²) in [4.78, 5) is 15.1. The molecule has 6 heteroatoms. The Morgan fingerprint density at radius 2 is 1.56 bits per heavy atom. The van der Waals surface area contributed by atoms with Crippen LogP contribution in [0.25, 0.3) is 0 Å². The first-order chi connectivity index (χ1) is 18.4. The molecule has 1 saturated heterocycles. The van der Waals surface area contributed by atoms with Crippen molar-refractivity contribution in [3.05, 3.63) is 101 Å². The zero-order valence-electron chi connectivity index (χ0n) is 23.5. The van der Waals surface area contributed by atoms with Crippen LogP contribution in [0.2, 0.25) is 0 Å². The Morgan fingerprint density at radius 3 is 2.23 bits per heavy atom. The number of rotatable bonds is 11.